The maximum atomic E-state index is 12.5. The number of benzene rings is 2. The molecule has 0 radical (unpaired) electrons. The fourth-order valence-corrected chi connectivity index (χ4v) is 3.42. The second kappa shape index (κ2) is 10.0. The second-order valence-corrected chi connectivity index (χ2v) is 7.12. The highest BCUT2D eigenvalue weighted by atomic mass is 16.5. The van der Waals surface area contributed by atoms with Crippen molar-refractivity contribution < 1.29 is 14.3 Å². The highest BCUT2D eigenvalue weighted by Crippen LogP contribution is 2.21. The van der Waals surface area contributed by atoms with Crippen LogP contribution in [0.15, 0.2) is 48.5 Å². The van der Waals surface area contributed by atoms with Gasteiger partial charge in [-0.25, -0.2) is 0 Å². The average molecular weight is 383 g/mol. The summed E-state index contributed by atoms with van der Waals surface area (Å²) in [5.74, 6) is 1.32. The van der Waals surface area contributed by atoms with Gasteiger partial charge in [0.25, 0.3) is 5.91 Å². The molecule has 0 aromatic heterocycles. The van der Waals surface area contributed by atoms with Crippen LogP contribution in [-0.4, -0.2) is 32.2 Å². The van der Waals surface area contributed by atoms with Crippen LogP contribution in [-0.2, 0) is 11.3 Å². The SMILES string of the molecule is CCC(Oc1ccc(OC)cc1)C(=O)NCc1ccc(N2CCCCC2)cc1. The lowest BCUT2D eigenvalue weighted by atomic mass is 10.1. The van der Waals surface area contributed by atoms with Crippen LogP contribution in [0.25, 0.3) is 0 Å². The number of hydrogen-bond donors (Lipinski definition) is 1. The third-order valence-electron chi connectivity index (χ3n) is 5.13. The summed E-state index contributed by atoms with van der Waals surface area (Å²) in [5, 5.41) is 2.99. The molecule has 0 aliphatic carbocycles. The Bertz CT molecular complexity index is 737. The van der Waals surface area contributed by atoms with E-state index in [0.29, 0.717) is 18.7 Å². The molecule has 1 aliphatic rings. The largest absolute Gasteiger partial charge is 0.497 e. The number of piperidine rings is 1. The molecule has 1 amide bonds. The molecule has 3 rings (SSSR count). The van der Waals surface area contributed by atoms with Gasteiger partial charge in [-0.3, -0.25) is 4.79 Å². The molecular formula is C23H30N2O3. The molecule has 5 nitrogen and oxygen atoms in total. The molecule has 1 fully saturated rings. The first-order valence-corrected chi connectivity index (χ1v) is 10.1. The van der Waals surface area contributed by atoms with Gasteiger partial charge in [-0.05, 0) is 67.6 Å². The second-order valence-electron chi connectivity index (χ2n) is 7.12. The molecule has 2 aromatic carbocycles. The minimum absolute atomic E-state index is 0.0987. The smallest absolute Gasteiger partial charge is 0.261 e. The van der Waals surface area contributed by atoms with E-state index in [9.17, 15) is 4.79 Å². The molecule has 0 saturated carbocycles. The summed E-state index contributed by atoms with van der Waals surface area (Å²) in [7, 11) is 1.62. The van der Waals surface area contributed by atoms with E-state index in [-0.39, 0.29) is 5.91 Å². The Morgan fingerprint density at radius 1 is 1.00 bits per heavy atom. The van der Waals surface area contributed by atoms with Crippen molar-refractivity contribution in [2.75, 3.05) is 25.1 Å². The number of methoxy groups -OCH3 is 1. The molecule has 1 atom stereocenters. The highest BCUT2D eigenvalue weighted by molar-refractivity contribution is 5.81. The van der Waals surface area contributed by atoms with E-state index in [1.807, 2.05) is 31.2 Å². The average Bonchev–Trinajstić information content (AvgIpc) is 2.77. The number of carbonyl (C=O) groups excluding carboxylic acids is 1. The molecule has 1 unspecified atom stereocenters. The van der Waals surface area contributed by atoms with E-state index in [1.165, 1.54) is 24.9 Å². The van der Waals surface area contributed by atoms with Crippen molar-refractivity contribution in [3.63, 3.8) is 0 Å². The quantitative estimate of drug-likeness (QED) is 0.745. The molecule has 1 heterocycles. The first-order chi connectivity index (χ1) is 13.7. The maximum Gasteiger partial charge on any atom is 0.261 e. The van der Waals surface area contributed by atoms with Gasteiger partial charge in [0.1, 0.15) is 11.5 Å². The molecule has 2 aromatic rings. The number of rotatable bonds is 8. The van der Waals surface area contributed by atoms with Gasteiger partial charge in [0, 0.05) is 25.3 Å². The van der Waals surface area contributed by atoms with Gasteiger partial charge in [0.15, 0.2) is 6.10 Å². The molecule has 1 saturated heterocycles. The van der Waals surface area contributed by atoms with E-state index in [1.54, 1.807) is 7.11 Å². The van der Waals surface area contributed by atoms with E-state index >= 15 is 0 Å². The number of hydrogen-bond acceptors (Lipinski definition) is 4. The van der Waals surface area contributed by atoms with Crippen LogP contribution in [0.2, 0.25) is 0 Å². The first-order valence-electron chi connectivity index (χ1n) is 10.1. The van der Waals surface area contributed by atoms with E-state index < -0.39 is 6.10 Å². The lowest BCUT2D eigenvalue weighted by molar-refractivity contribution is -0.128. The number of amides is 1. The predicted molar refractivity (Wildman–Crippen MR) is 112 cm³/mol. The Kier molecular flexibility index (Phi) is 7.18. The summed E-state index contributed by atoms with van der Waals surface area (Å²) >= 11 is 0. The Morgan fingerprint density at radius 2 is 1.64 bits per heavy atom. The van der Waals surface area contributed by atoms with Crippen molar-refractivity contribution in [3.8, 4) is 11.5 Å². The van der Waals surface area contributed by atoms with Gasteiger partial charge in [-0.1, -0.05) is 19.1 Å². The number of nitrogens with one attached hydrogen (secondary N) is 1. The van der Waals surface area contributed by atoms with E-state index in [4.69, 9.17) is 9.47 Å². The summed E-state index contributed by atoms with van der Waals surface area (Å²) in [4.78, 5) is 15.0. The van der Waals surface area contributed by atoms with Crippen molar-refractivity contribution in [1.82, 2.24) is 5.32 Å². The standard InChI is InChI=1S/C23H30N2O3/c1-3-22(28-21-13-11-20(27-2)12-14-21)23(26)24-17-18-7-9-19(10-8-18)25-15-5-4-6-16-25/h7-14,22H,3-6,15-17H2,1-2H3,(H,24,26). The summed E-state index contributed by atoms with van der Waals surface area (Å²) in [6.45, 7) is 4.72. The lowest BCUT2D eigenvalue weighted by Gasteiger charge is -2.28. The Labute approximate surface area is 167 Å². The zero-order chi connectivity index (χ0) is 19.8. The van der Waals surface area contributed by atoms with Crippen molar-refractivity contribution >= 4 is 11.6 Å². The molecule has 5 heteroatoms. The van der Waals surface area contributed by atoms with E-state index in [0.717, 1.165) is 24.4 Å². The zero-order valence-corrected chi connectivity index (χ0v) is 16.8. The molecule has 1 N–H and O–H groups in total. The van der Waals surface area contributed by atoms with Crippen LogP contribution in [0, 0.1) is 0 Å². The highest BCUT2D eigenvalue weighted by Gasteiger charge is 2.18. The normalized spacial score (nSPS) is 15.0. The summed E-state index contributed by atoms with van der Waals surface area (Å²) in [6.07, 6.45) is 3.96. The van der Waals surface area contributed by atoms with Crippen LogP contribution in [0.3, 0.4) is 0 Å². The fraction of sp³-hybridized carbons (Fsp3) is 0.435. The van der Waals surface area contributed by atoms with Crippen LogP contribution >= 0.6 is 0 Å². The summed E-state index contributed by atoms with van der Waals surface area (Å²) in [6, 6.07) is 15.8. The van der Waals surface area contributed by atoms with Crippen LogP contribution in [0.1, 0.15) is 38.2 Å². The van der Waals surface area contributed by atoms with Gasteiger partial charge in [-0.2, -0.15) is 0 Å². The van der Waals surface area contributed by atoms with Crippen molar-refractivity contribution in [2.45, 2.75) is 45.3 Å². The Morgan fingerprint density at radius 3 is 2.25 bits per heavy atom. The predicted octanol–water partition coefficient (Wildman–Crippen LogP) is 4.16. The monoisotopic (exact) mass is 382 g/mol. The van der Waals surface area contributed by atoms with E-state index in [2.05, 4.69) is 34.5 Å². The number of ether oxygens (including phenoxy) is 2. The fourth-order valence-electron chi connectivity index (χ4n) is 3.42. The van der Waals surface area contributed by atoms with Crippen molar-refractivity contribution in [1.29, 1.82) is 0 Å². The topological polar surface area (TPSA) is 50.8 Å². The van der Waals surface area contributed by atoms with Gasteiger partial charge in [-0.15, -0.1) is 0 Å². The Hall–Kier alpha value is -2.69. The van der Waals surface area contributed by atoms with Gasteiger partial charge >= 0.3 is 0 Å². The molecule has 0 spiro atoms. The molecular weight excluding hydrogens is 352 g/mol. The molecule has 150 valence electrons. The van der Waals surface area contributed by atoms with Crippen LogP contribution < -0.4 is 19.7 Å². The number of nitrogens with zero attached hydrogens (tertiary/aromatic N) is 1. The van der Waals surface area contributed by atoms with Crippen molar-refractivity contribution in [3.05, 3.63) is 54.1 Å². The summed E-state index contributed by atoms with van der Waals surface area (Å²) < 4.78 is 11.0. The van der Waals surface area contributed by atoms with Gasteiger partial charge in [0.2, 0.25) is 0 Å². The zero-order valence-electron chi connectivity index (χ0n) is 16.8. The molecule has 0 bridgehead atoms. The maximum absolute atomic E-state index is 12.5. The lowest BCUT2D eigenvalue weighted by Crippen LogP contribution is -2.37. The minimum atomic E-state index is -0.513. The Balaban J connectivity index is 1.51. The van der Waals surface area contributed by atoms with Gasteiger partial charge < -0.3 is 19.7 Å². The van der Waals surface area contributed by atoms with Crippen LogP contribution in [0.4, 0.5) is 5.69 Å². The minimum Gasteiger partial charge on any atom is -0.497 e. The van der Waals surface area contributed by atoms with Gasteiger partial charge in [0.05, 0.1) is 7.11 Å². The van der Waals surface area contributed by atoms with Crippen molar-refractivity contribution in [2.24, 2.45) is 0 Å². The third-order valence-corrected chi connectivity index (χ3v) is 5.13. The molecule has 28 heavy (non-hydrogen) atoms. The van der Waals surface area contributed by atoms with Crippen LogP contribution in [0.5, 0.6) is 11.5 Å². The first kappa shape index (κ1) is 20.1. The number of carbonyl (C=O) groups is 1. The third kappa shape index (κ3) is 5.41. The number of anilines is 1. The molecule has 1 aliphatic heterocycles. The summed E-state index contributed by atoms with van der Waals surface area (Å²) in [5.41, 5.74) is 2.36.